The zero-order valence-corrected chi connectivity index (χ0v) is 11.9. The van der Waals surface area contributed by atoms with Crippen LogP contribution in [0.1, 0.15) is 42.4 Å². The summed E-state index contributed by atoms with van der Waals surface area (Å²) in [7, 11) is 0. The van der Waals surface area contributed by atoms with Crippen LogP contribution in [0.3, 0.4) is 0 Å². The number of benzene rings is 1. The zero-order valence-electron chi connectivity index (χ0n) is 11.9. The molecule has 0 saturated carbocycles. The minimum Gasteiger partial charge on any atom is -0.480 e. The molecule has 1 heterocycles. The maximum absolute atomic E-state index is 11.4. The fourth-order valence-corrected chi connectivity index (χ4v) is 2.83. The van der Waals surface area contributed by atoms with Crippen LogP contribution in [0.25, 0.3) is 0 Å². The molecule has 1 unspecified atom stereocenters. The second kappa shape index (κ2) is 6.20. The van der Waals surface area contributed by atoms with E-state index in [0.717, 1.165) is 38.8 Å². The number of likely N-dealkylation sites (tertiary alicyclic amines) is 1. The molecule has 0 aliphatic carbocycles. The van der Waals surface area contributed by atoms with Crippen LogP contribution in [0.4, 0.5) is 0 Å². The molecule has 3 nitrogen and oxygen atoms in total. The van der Waals surface area contributed by atoms with Crippen LogP contribution < -0.4 is 0 Å². The average Bonchev–Trinajstić information content (AvgIpc) is 2.59. The molecule has 1 aliphatic heterocycles. The normalized spacial score (nSPS) is 21.1. The first-order chi connectivity index (χ1) is 9.08. The Bertz CT molecular complexity index is 456. The molecular weight excluding hydrogens is 238 g/mol. The number of aryl methyl sites for hydroxylation is 2. The largest absolute Gasteiger partial charge is 0.480 e. The van der Waals surface area contributed by atoms with E-state index in [-0.39, 0.29) is 6.04 Å². The van der Waals surface area contributed by atoms with Crippen LogP contribution in [0, 0.1) is 13.8 Å². The molecule has 1 fully saturated rings. The fourth-order valence-electron chi connectivity index (χ4n) is 2.83. The minimum absolute atomic E-state index is 0.317. The standard InChI is InChI=1S/C16H23NO2/c1-12-7-8-13(2)14(10-12)11-17-9-5-3-4-6-15(17)16(18)19/h7-8,10,15H,3-6,9,11H2,1-2H3,(H,18,19). The smallest absolute Gasteiger partial charge is 0.320 e. The Labute approximate surface area is 115 Å². The lowest BCUT2D eigenvalue weighted by Gasteiger charge is -2.27. The van der Waals surface area contributed by atoms with Gasteiger partial charge >= 0.3 is 5.97 Å². The molecule has 0 radical (unpaired) electrons. The lowest BCUT2D eigenvalue weighted by molar-refractivity contribution is -0.143. The van der Waals surface area contributed by atoms with E-state index in [1.54, 1.807) is 0 Å². The Morgan fingerprint density at radius 3 is 2.84 bits per heavy atom. The van der Waals surface area contributed by atoms with E-state index >= 15 is 0 Å². The SMILES string of the molecule is Cc1ccc(C)c(CN2CCCCCC2C(=O)O)c1. The highest BCUT2D eigenvalue weighted by Gasteiger charge is 2.27. The van der Waals surface area contributed by atoms with E-state index in [4.69, 9.17) is 0 Å². The molecule has 1 aromatic carbocycles. The van der Waals surface area contributed by atoms with E-state index in [0.29, 0.717) is 0 Å². The summed E-state index contributed by atoms with van der Waals surface area (Å²) in [6.07, 6.45) is 4.06. The van der Waals surface area contributed by atoms with Gasteiger partial charge in [-0.1, -0.05) is 36.6 Å². The van der Waals surface area contributed by atoms with E-state index < -0.39 is 5.97 Å². The molecule has 0 spiro atoms. The predicted molar refractivity (Wildman–Crippen MR) is 76.2 cm³/mol. The van der Waals surface area contributed by atoms with Gasteiger partial charge in [-0.05, 0) is 44.4 Å². The van der Waals surface area contributed by atoms with E-state index in [1.165, 1.54) is 16.7 Å². The quantitative estimate of drug-likeness (QED) is 0.908. The van der Waals surface area contributed by atoms with Crippen molar-refractivity contribution in [3.05, 3.63) is 34.9 Å². The molecule has 1 atom stereocenters. The highest BCUT2D eigenvalue weighted by atomic mass is 16.4. The van der Waals surface area contributed by atoms with Gasteiger partial charge in [0.15, 0.2) is 0 Å². The van der Waals surface area contributed by atoms with Crippen LogP contribution in [0.2, 0.25) is 0 Å². The Morgan fingerprint density at radius 2 is 2.11 bits per heavy atom. The maximum atomic E-state index is 11.4. The van der Waals surface area contributed by atoms with Gasteiger partial charge < -0.3 is 5.11 Å². The number of carbonyl (C=O) groups is 1. The van der Waals surface area contributed by atoms with Crippen LogP contribution in [0.5, 0.6) is 0 Å². The summed E-state index contributed by atoms with van der Waals surface area (Å²) in [4.78, 5) is 13.6. The second-order valence-electron chi connectivity index (χ2n) is 5.60. The molecule has 104 valence electrons. The third kappa shape index (κ3) is 3.57. The molecule has 1 saturated heterocycles. The van der Waals surface area contributed by atoms with Crippen molar-refractivity contribution in [3.8, 4) is 0 Å². The molecule has 1 aromatic rings. The highest BCUT2D eigenvalue weighted by molar-refractivity contribution is 5.73. The highest BCUT2D eigenvalue weighted by Crippen LogP contribution is 2.21. The fraction of sp³-hybridized carbons (Fsp3) is 0.562. The van der Waals surface area contributed by atoms with Gasteiger partial charge in [0.25, 0.3) is 0 Å². The summed E-state index contributed by atoms with van der Waals surface area (Å²) >= 11 is 0. The Morgan fingerprint density at radius 1 is 1.32 bits per heavy atom. The molecule has 0 amide bonds. The van der Waals surface area contributed by atoms with Crippen LogP contribution >= 0.6 is 0 Å². The van der Waals surface area contributed by atoms with Crippen molar-refractivity contribution in [2.45, 2.75) is 52.1 Å². The predicted octanol–water partition coefficient (Wildman–Crippen LogP) is 3.13. The van der Waals surface area contributed by atoms with E-state index in [2.05, 4.69) is 36.9 Å². The minimum atomic E-state index is -0.674. The molecule has 0 bridgehead atoms. The number of carboxylic acid groups (broad SMARTS) is 1. The first-order valence-electron chi connectivity index (χ1n) is 7.11. The molecule has 3 heteroatoms. The molecule has 1 aliphatic rings. The molecular formula is C16H23NO2. The summed E-state index contributed by atoms with van der Waals surface area (Å²) in [5.74, 6) is -0.674. The summed E-state index contributed by atoms with van der Waals surface area (Å²) in [6, 6.07) is 6.09. The number of carboxylic acids is 1. The summed E-state index contributed by atoms with van der Waals surface area (Å²) in [5.41, 5.74) is 3.74. The molecule has 19 heavy (non-hydrogen) atoms. The lowest BCUT2D eigenvalue weighted by Crippen LogP contribution is -2.40. The summed E-state index contributed by atoms with van der Waals surface area (Å²) in [6.45, 7) is 5.83. The molecule has 0 aromatic heterocycles. The first kappa shape index (κ1) is 14.1. The van der Waals surface area contributed by atoms with Crippen molar-refractivity contribution in [3.63, 3.8) is 0 Å². The van der Waals surface area contributed by atoms with Gasteiger partial charge in [0.1, 0.15) is 6.04 Å². The van der Waals surface area contributed by atoms with E-state index in [9.17, 15) is 9.90 Å². The number of hydrogen-bond donors (Lipinski definition) is 1. The summed E-state index contributed by atoms with van der Waals surface area (Å²) in [5, 5.41) is 9.39. The lowest BCUT2D eigenvalue weighted by atomic mass is 10.0. The van der Waals surface area contributed by atoms with Gasteiger partial charge in [0.2, 0.25) is 0 Å². The Balaban J connectivity index is 2.18. The van der Waals surface area contributed by atoms with Crippen molar-refractivity contribution in [1.82, 2.24) is 4.90 Å². The zero-order chi connectivity index (χ0) is 13.8. The number of rotatable bonds is 3. The van der Waals surface area contributed by atoms with Crippen LogP contribution in [-0.4, -0.2) is 28.6 Å². The summed E-state index contributed by atoms with van der Waals surface area (Å²) < 4.78 is 0. The first-order valence-corrected chi connectivity index (χ1v) is 7.11. The maximum Gasteiger partial charge on any atom is 0.320 e. The Hall–Kier alpha value is -1.35. The van der Waals surface area contributed by atoms with Gasteiger partial charge in [-0.3, -0.25) is 9.69 Å². The van der Waals surface area contributed by atoms with Crippen molar-refractivity contribution < 1.29 is 9.90 Å². The van der Waals surface area contributed by atoms with Gasteiger partial charge in [0.05, 0.1) is 0 Å². The van der Waals surface area contributed by atoms with E-state index in [1.807, 2.05) is 0 Å². The van der Waals surface area contributed by atoms with Crippen molar-refractivity contribution in [2.24, 2.45) is 0 Å². The monoisotopic (exact) mass is 261 g/mol. The van der Waals surface area contributed by atoms with Crippen molar-refractivity contribution >= 4 is 5.97 Å². The number of nitrogens with zero attached hydrogens (tertiary/aromatic N) is 1. The topological polar surface area (TPSA) is 40.5 Å². The number of hydrogen-bond acceptors (Lipinski definition) is 2. The van der Waals surface area contributed by atoms with Crippen molar-refractivity contribution in [1.29, 1.82) is 0 Å². The molecule has 1 N–H and O–H groups in total. The van der Waals surface area contributed by atoms with Gasteiger partial charge in [-0.15, -0.1) is 0 Å². The average molecular weight is 261 g/mol. The van der Waals surface area contributed by atoms with Gasteiger partial charge in [-0.2, -0.15) is 0 Å². The third-order valence-corrected chi connectivity index (χ3v) is 4.03. The van der Waals surface area contributed by atoms with Gasteiger partial charge in [-0.25, -0.2) is 0 Å². The van der Waals surface area contributed by atoms with Gasteiger partial charge in [0, 0.05) is 6.54 Å². The van der Waals surface area contributed by atoms with Crippen LogP contribution in [0.15, 0.2) is 18.2 Å². The molecule has 2 rings (SSSR count). The van der Waals surface area contributed by atoms with Crippen LogP contribution in [-0.2, 0) is 11.3 Å². The Kier molecular flexibility index (Phi) is 4.59. The third-order valence-electron chi connectivity index (χ3n) is 4.03. The van der Waals surface area contributed by atoms with Crippen molar-refractivity contribution in [2.75, 3.05) is 6.54 Å². The second-order valence-corrected chi connectivity index (χ2v) is 5.60. The number of aliphatic carboxylic acids is 1.